The lowest BCUT2D eigenvalue weighted by atomic mass is 10.1. The summed E-state index contributed by atoms with van der Waals surface area (Å²) in [6.45, 7) is 6.42. The molecule has 2 heterocycles. The molecule has 31 heavy (non-hydrogen) atoms. The van der Waals surface area contributed by atoms with Gasteiger partial charge in [-0.2, -0.15) is 0 Å². The fraction of sp³-hybridized carbons (Fsp3) is 0.652. The summed E-state index contributed by atoms with van der Waals surface area (Å²) in [7, 11) is 3.25. The third-order valence-corrected chi connectivity index (χ3v) is 6.54. The summed E-state index contributed by atoms with van der Waals surface area (Å²) in [6, 6.07) is 5.28. The van der Waals surface area contributed by atoms with Crippen LogP contribution in [0.5, 0.6) is 11.5 Å². The molecule has 1 saturated carbocycles. The lowest BCUT2D eigenvalue weighted by Crippen LogP contribution is -2.57. The molecule has 8 heteroatoms. The van der Waals surface area contributed by atoms with Crippen molar-refractivity contribution in [2.45, 2.75) is 31.8 Å². The zero-order valence-corrected chi connectivity index (χ0v) is 18.6. The summed E-state index contributed by atoms with van der Waals surface area (Å²) < 4.78 is 10.7. The third-order valence-electron chi connectivity index (χ3n) is 6.54. The van der Waals surface area contributed by atoms with E-state index < -0.39 is 6.04 Å². The average molecular weight is 431 g/mol. The van der Waals surface area contributed by atoms with Crippen LogP contribution >= 0.6 is 0 Å². The molecule has 2 aliphatic heterocycles. The molecule has 0 spiro atoms. The van der Waals surface area contributed by atoms with E-state index in [0.717, 1.165) is 37.7 Å². The van der Waals surface area contributed by atoms with Crippen LogP contribution in [0.2, 0.25) is 0 Å². The average Bonchev–Trinajstić information content (AvgIpc) is 3.60. The maximum absolute atomic E-state index is 13.0. The Bertz CT molecular complexity index is 768. The predicted molar refractivity (Wildman–Crippen MR) is 117 cm³/mol. The number of hydrogen-bond acceptors (Lipinski definition) is 6. The van der Waals surface area contributed by atoms with Crippen molar-refractivity contribution in [2.24, 2.45) is 5.92 Å². The van der Waals surface area contributed by atoms with E-state index >= 15 is 0 Å². The second kappa shape index (κ2) is 9.87. The summed E-state index contributed by atoms with van der Waals surface area (Å²) in [5.74, 6) is 2.31. The minimum Gasteiger partial charge on any atom is -0.497 e. The van der Waals surface area contributed by atoms with Crippen LogP contribution in [-0.4, -0.2) is 92.6 Å². The lowest BCUT2D eigenvalue weighted by molar-refractivity contribution is -0.140. The monoisotopic (exact) mass is 430 g/mol. The number of carbonyl (C=O) groups is 2. The number of rotatable bonds is 8. The highest BCUT2D eigenvalue weighted by Gasteiger charge is 2.34. The molecule has 0 aromatic heterocycles. The van der Waals surface area contributed by atoms with Gasteiger partial charge in [-0.25, -0.2) is 0 Å². The van der Waals surface area contributed by atoms with Gasteiger partial charge in [0.05, 0.1) is 26.7 Å². The summed E-state index contributed by atoms with van der Waals surface area (Å²) in [4.78, 5) is 32.2. The van der Waals surface area contributed by atoms with Gasteiger partial charge >= 0.3 is 0 Å². The van der Waals surface area contributed by atoms with E-state index in [-0.39, 0.29) is 18.2 Å². The fourth-order valence-electron chi connectivity index (χ4n) is 4.51. The van der Waals surface area contributed by atoms with E-state index in [0.29, 0.717) is 31.1 Å². The second-order valence-corrected chi connectivity index (χ2v) is 8.83. The van der Waals surface area contributed by atoms with Gasteiger partial charge in [-0.3, -0.25) is 19.4 Å². The standard InChI is InChI=1S/C23H34N4O4/c1-30-19-11-18(12-20(13-19)31-2)16-27-6-5-24-23(29)21(27)14-22(28)26-9-7-25(8-10-26)15-17-3-4-17/h11-13,17,21H,3-10,14-16H2,1-2H3,(H,24,29). The number of hydrogen-bond donors (Lipinski definition) is 1. The van der Waals surface area contributed by atoms with Gasteiger partial charge in [-0.05, 0) is 36.5 Å². The van der Waals surface area contributed by atoms with Gasteiger partial charge in [0.2, 0.25) is 11.8 Å². The lowest BCUT2D eigenvalue weighted by Gasteiger charge is -2.38. The number of carbonyl (C=O) groups excluding carboxylic acids is 2. The molecule has 1 N–H and O–H groups in total. The normalized spacial score (nSPS) is 22.8. The van der Waals surface area contributed by atoms with Crippen molar-refractivity contribution in [3.63, 3.8) is 0 Å². The number of piperazine rings is 2. The highest BCUT2D eigenvalue weighted by Crippen LogP contribution is 2.30. The van der Waals surface area contributed by atoms with Gasteiger partial charge < -0.3 is 19.7 Å². The Morgan fingerprint density at radius 1 is 1.03 bits per heavy atom. The highest BCUT2D eigenvalue weighted by atomic mass is 16.5. The van der Waals surface area contributed by atoms with Gasteiger partial charge in [-0.1, -0.05) is 0 Å². The first-order valence-electron chi connectivity index (χ1n) is 11.3. The molecule has 2 amide bonds. The van der Waals surface area contributed by atoms with Crippen molar-refractivity contribution < 1.29 is 19.1 Å². The Kier molecular flexibility index (Phi) is 6.97. The molecule has 1 aromatic carbocycles. The number of ether oxygens (including phenoxy) is 2. The molecule has 4 rings (SSSR count). The van der Waals surface area contributed by atoms with Crippen LogP contribution in [0.25, 0.3) is 0 Å². The van der Waals surface area contributed by atoms with E-state index in [1.165, 1.54) is 19.4 Å². The van der Waals surface area contributed by atoms with Crippen LogP contribution in [-0.2, 0) is 16.1 Å². The molecule has 170 valence electrons. The Morgan fingerprint density at radius 3 is 2.32 bits per heavy atom. The number of nitrogens with zero attached hydrogens (tertiary/aromatic N) is 3. The van der Waals surface area contributed by atoms with Gasteiger partial charge in [0, 0.05) is 58.4 Å². The smallest absolute Gasteiger partial charge is 0.237 e. The topological polar surface area (TPSA) is 74.4 Å². The first kappa shape index (κ1) is 21.9. The molecular formula is C23H34N4O4. The SMILES string of the molecule is COc1cc(CN2CCNC(=O)C2CC(=O)N2CCN(CC3CC3)CC2)cc(OC)c1. The number of amides is 2. The highest BCUT2D eigenvalue weighted by molar-refractivity contribution is 5.88. The Labute approximate surface area is 184 Å². The Balaban J connectivity index is 1.37. The summed E-state index contributed by atoms with van der Waals surface area (Å²) >= 11 is 0. The zero-order chi connectivity index (χ0) is 21.8. The molecule has 8 nitrogen and oxygen atoms in total. The summed E-state index contributed by atoms with van der Waals surface area (Å²) in [6.07, 6.45) is 2.92. The first-order valence-corrected chi connectivity index (χ1v) is 11.3. The Hall–Kier alpha value is -2.32. The molecular weight excluding hydrogens is 396 g/mol. The Morgan fingerprint density at radius 2 is 1.71 bits per heavy atom. The molecule has 1 atom stereocenters. The van der Waals surface area contributed by atoms with Crippen LogP contribution in [0, 0.1) is 5.92 Å². The van der Waals surface area contributed by atoms with E-state index in [2.05, 4.69) is 15.1 Å². The summed E-state index contributed by atoms with van der Waals surface area (Å²) in [5.41, 5.74) is 0.997. The molecule has 2 saturated heterocycles. The maximum atomic E-state index is 13.0. The van der Waals surface area contributed by atoms with Crippen molar-refractivity contribution >= 4 is 11.8 Å². The van der Waals surface area contributed by atoms with Gasteiger partial charge in [0.1, 0.15) is 11.5 Å². The molecule has 3 fully saturated rings. The van der Waals surface area contributed by atoms with E-state index in [1.54, 1.807) is 14.2 Å². The van der Waals surface area contributed by atoms with Crippen molar-refractivity contribution in [3.05, 3.63) is 23.8 Å². The number of benzene rings is 1. The minimum absolute atomic E-state index is 0.0677. The van der Waals surface area contributed by atoms with Crippen LogP contribution < -0.4 is 14.8 Å². The van der Waals surface area contributed by atoms with Crippen LogP contribution in [0.4, 0.5) is 0 Å². The molecule has 3 aliphatic rings. The van der Waals surface area contributed by atoms with E-state index in [9.17, 15) is 9.59 Å². The number of nitrogens with one attached hydrogen (secondary N) is 1. The largest absolute Gasteiger partial charge is 0.497 e. The van der Waals surface area contributed by atoms with E-state index in [4.69, 9.17) is 9.47 Å². The predicted octanol–water partition coefficient (Wildman–Crippen LogP) is 0.949. The third kappa shape index (κ3) is 5.68. The molecule has 1 unspecified atom stereocenters. The number of methoxy groups -OCH3 is 2. The van der Waals surface area contributed by atoms with Crippen LogP contribution in [0.15, 0.2) is 18.2 Å². The van der Waals surface area contributed by atoms with Crippen molar-refractivity contribution in [2.75, 3.05) is 60.0 Å². The molecule has 1 aromatic rings. The van der Waals surface area contributed by atoms with Gasteiger partial charge in [-0.15, -0.1) is 0 Å². The quantitative estimate of drug-likeness (QED) is 0.662. The van der Waals surface area contributed by atoms with Crippen LogP contribution in [0.3, 0.4) is 0 Å². The molecule has 1 aliphatic carbocycles. The van der Waals surface area contributed by atoms with Crippen molar-refractivity contribution in [1.82, 2.24) is 20.0 Å². The molecule has 0 radical (unpaired) electrons. The fourth-order valence-corrected chi connectivity index (χ4v) is 4.51. The molecule has 0 bridgehead atoms. The minimum atomic E-state index is -0.456. The summed E-state index contributed by atoms with van der Waals surface area (Å²) in [5, 5.41) is 2.93. The van der Waals surface area contributed by atoms with Crippen molar-refractivity contribution in [1.29, 1.82) is 0 Å². The first-order chi connectivity index (χ1) is 15.1. The van der Waals surface area contributed by atoms with E-state index in [1.807, 2.05) is 23.1 Å². The zero-order valence-electron chi connectivity index (χ0n) is 18.6. The second-order valence-electron chi connectivity index (χ2n) is 8.83. The van der Waals surface area contributed by atoms with Gasteiger partial charge in [0.15, 0.2) is 0 Å². The van der Waals surface area contributed by atoms with Gasteiger partial charge in [0.25, 0.3) is 0 Å². The maximum Gasteiger partial charge on any atom is 0.237 e. The van der Waals surface area contributed by atoms with Crippen molar-refractivity contribution in [3.8, 4) is 11.5 Å². The van der Waals surface area contributed by atoms with Crippen LogP contribution in [0.1, 0.15) is 24.8 Å².